The Morgan fingerprint density at radius 1 is 1.10 bits per heavy atom. The summed E-state index contributed by atoms with van der Waals surface area (Å²) < 4.78 is 35.9. The van der Waals surface area contributed by atoms with Gasteiger partial charge in [-0.05, 0) is 50.6 Å². The second-order valence-corrected chi connectivity index (χ2v) is 8.09. The zero-order valence-corrected chi connectivity index (χ0v) is 18.0. The van der Waals surface area contributed by atoms with Crippen molar-refractivity contribution in [2.75, 3.05) is 13.7 Å². The van der Waals surface area contributed by atoms with E-state index in [1.807, 2.05) is 20.8 Å². The van der Waals surface area contributed by atoms with Gasteiger partial charge in [-0.2, -0.15) is 8.42 Å². The fourth-order valence-corrected chi connectivity index (χ4v) is 3.67. The average Bonchev–Trinajstić information content (AvgIpc) is 2.72. The number of urea groups is 1. The molecular formula is C21H28N2O5S. The summed E-state index contributed by atoms with van der Waals surface area (Å²) in [6.07, 6.45) is 0.768. The lowest BCUT2D eigenvalue weighted by molar-refractivity contribution is 0.173. The largest absolute Gasteiger partial charge is 0.497 e. The summed E-state index contributed by atoms with van der Waals surface area (Å²) in [6.45, 7) is 6.54. The number of para-hydroxylation sites is 1. The molecule has 0 saturated heterocycles. The molecule has 2 aromatic rings. The third-order valence-electron chi connectivity index (χ3n) is 4.57. The van der Waals surface area contributed by atoms with Gasteiger partial charge in [0.15, 0.2) is 0 Å². The van der Waals surface area contributed by atoms with E-state index >= 15 is 0 Å². The first-order valence-corrected chi connectivity index (χ1v) is 10.9. The SMILES string of the molecule is CCNC(=O)N(Cc1ccccc1OS(=O)(=O)c1ccc(OC)cc1)[C@H](C)CC. The van der Waals surface area contributed by atoms with Gasteiger partial charge < -0.3 is 19.1 Å². The predicted octanol–water partition coefficient (Wildman–Crippen LogP) is 3.79. The summed E-state index contributed by atoms with van der Waals surface area (Å²) in [5.74, 6) is 0.747. The van der Waals surface area contributed by atoms with Crippen LogP contribution < -0.4 is 14.2 Å². The Labute approximate surface area is 172 Å². The van der Waals surface area contributed by atoms with Gasteiger partial charge in [0.05, 0.1) is 13.7 Å². The summed E-state index contributed by atoms with van der Waals surface area (Å²) in [6, 6.07) is 12.6. The van der Waals surface area contributed by atoms with Crippen molar-refractivity contribution in [1.29, 1.82) is 0 Å². The minimum absolute atomic E-state index is 0.0206. The third-order valence-corrected chi connectivity index (χ3v) is 5.82. The van der Waals surface area contributed by atoms with Crippen LogP contribution in [0.25, 0.3) is 0 Å². The molecule has 2 amide bonds. The van der Waals surface area contributed by atoms with Crippen LogP contribution in [0.1, 0.15) is 32.8 Å². The van der Waals surface area contributed by atoms with Crippen LogP contribution in [0.15, 0.2) is 53.4 Å². The Hall–Kier alpha value is -2.74. The van der Waals surface area contributed by atoms with Crippen molar-refractivity contribution in [1.82, 2.24) is 10.2 Å². The van der Waals surface area contributed by atoms with Crippen molar-refractivity contribution in [2.45, 2.75) is 44.7 Å². The Balaban J connectivity index is 2.30. The van der Waals surface area contributed by atoms with Gasteiger partial charge >= 0.3 is 16.1 Å². The van der Waals surface area contributed by atoms with Crippen LogP contribution in [-0.4, -0.2) is 39.0 Å². The van der Waals surface area contributed by atoms with Gasteiger partial charge in [0.1, 0.15) is 16.4 Å². The summed E-state index contributed by atoms with van der Waals surface area (Å²) in [7, 11) is -2.52. The van der Waals surface area contributed by atoms with E-state index in [0.717, 1.165) is 6.42 Å². The predicted molar refractivity (Wildman–Crippen MR) is 112 cm³/mol. The van der Waals surface area contributed by atoms with Gasteiger partial charge in [-0.25, -0.2) is 4.79 Å². The highest BCUT2D eigenvalue weighted by Crippen LogP contribution is 2.26. The minimum atomic E-state index is -4.03. The molecule has 0 bridgehead atoms. The molecule has 0 heterocycles. The Kier molecular flexibility index (Phi) is 7.90. The topological polar surface area (TPSA) is 84.9 Å². The van der Waals surface area contributed by atoms with Crippen LogP contribution in [0.2, 0.25) is 0 Å². The van der Waals surface area contributed by atoms with Crippen molar-refractivity contribution in [2.24, 2.45) is 0 Å². The van der Waals surface area contributed by atoms with E-state index in [2.05, 4.69) is 5.32 Å². The average molecular weight is 421 g/mol. The molecule has 0 saturated carbocycles. The van der Waals surface area contributed by atoms with Crippen molar-refractivity contribution in [3.8, 4) is 11.5 Å². The van der Waals surface area contributed by atoms with E-state index in [1.54, 1.807) is 41.3 Å². The quantitative estimate of drug-likeness (QED) is 0.624. The highest BCUT2D eigenvalue weighted by molar-refractivity contribution is 7.87. The maximum Gasteiger partial charge on any atom is 0.339 e. The summed E-state index contributed by atoms with van der Waals surface area (Å²) in [5, 5.41) is 2.80. The molecule has 158 valence electrons. The monoisotopic (exact) mass is 420 g/mol. The molecular weight excluding hydrogens is 392 g/mol. The zero-order chi connectivity index (χ0) is 21.4. The van der Waals surface area contributed by atoms with E-state index in [1.165, 1.54) is 19.2 Å². The van der Waals surface area contributed by atoms with Gasteiger partial charge in [0.25, 0.3) is 0 Å². The number of carbonyl (C=O) groups excluding carboxylic acids is 1. The molecule has 29 heavy (non-hydrogen) atoms. The minimum Gasteiger partial charge on any atom is -0.497 e. The summed E-state index contributed by atoms with van der Waals surface area (Å²) in [5.41, 5.74) is 0.608. The second kappa shape index (κ2) is 10.2. The first-order chi connectivity index (χ1) is 13.8. The highest BCUT2D eigenvalue weighted by Gasteiger charge is 2.23. The van der Waals surface area contributed by atoms with Gasteiger partial charge in [-0.15, -0.1) is 0 Å². The molecule has 0 spiro atoms. The maximum absolute atomic E-state index is 12.7. The number of hydrogen-bond acceptors (Lipinski definition) is 5. The smallest absolute Gasteiger partial charge is 0.339 e. The molecule has 0 aliphatic heterocycles. The van der Waals surface area contributed by atoms with Gasteiger partial charge in [0, 0.05) is 18.2 Å². The Bertz CT molecular complexity index is 913. The zero-order valence-electron chi connectivity index (χ0n) is 17.2. The lowest BCUT2D eigenvalue weighted by Gasteiger charge is -2.29. The molecule has 0 fully saturated rings. The van der Waals surface area contributed by atoms with Crippen molar-refractivity contribution < 1.29 is 22.1 Å². The van der Waals surface area contributed by atoms with Crippen molar-refractivity contribution in [3.63, 3.8) is 0 Å². The fraction of sp³-hybridized carbons (Fsp3) is 0.381. The lowest BCUT2D eigenvalue weighted by atomic mass is 10.1. The number of methoxy groups -OCH3 is 1. The number of nitrogens with one attached hydrogen (secondary N) is 1. The van der Waals surface area contributed by atoms with E-state index in [9.17, 15) is 13.2 Å². The van der Waals surface area contributed by atoms with Crippen LogP contribution in [-0.2, 0) is 16.7 Å². The number of hydrogen-bond donors (Lipinski definition) is 1. The van der Waals surface area contributed by atoms with Gasteiger partial charge in [-0.3, -0.25) is 0 Å². The molecule has 0 unspecified atom stereocenters. The fourth-order valence-electron chi connectivity index (χ4n) is 2.71. The number of benzene rings is 2. The number of amides is 2. The molecule has 0 aliphatic carbocycles. The van der Waals surface area contributed by atoms with E-state index in [0.29, 0.717) is 17.9 Å². The molecule has 0 aromatic heterocycles. The number of ether oxygens (including phenoxy) is 1. The first-order valence-electron chi connectivity index (χ1n) is 9.53. The first kappa shape index (κ1) is 22.5. The van der Waals surface area contributed by atoms with E-state index < -0.39 is 10.1 Å². The van der Waals surface area contributed by atoms with Crippen LogP contribution in [0.4, 0.5) is 4.79 Å². The molecule has 0 aliphatic rings. The second-order valence-electron chi connectivity index (χ2n) is 6.54. The van der Waals surface area contributed by atoms with Gasteiger partial charge in [0.2, 0.25) is 0 Å². The normalized spacial score (nSPS) is 12.1. The highest BCUT2D eigenvalue weighted by atomic mass is 32.2. The Morgan fingerprint density at radius 2 is 1.76 bits per heavy atom. The molecule has 8 heteroatoms. The standard InChI is InChI=1S/C21H28N2O5S/c1-5-16(3)23(21(24)22-6-2)15-17-9-7-8-10-20(17)28-29(25,26)19-13-11-18(27-4)12-14-19/h7-14,16H,5-6,15H2,1-4H3,(H,22,24)/t16-/m1/s1. The number of rotatable bonds is 9. The number of carbonyl (C=O) groups is 1. The lowest BCUT2D eigenvalue weighted by Crippen LogP contribution is -2.44. The molecule has 2 aromatic carbocycles. The van der Waals surface area contributed by atoms with Crippen LogP contribution in [0, 0.1) is 0 Å². The number of nitrogens with zero attached hydrogens (tertiary/aromatic N) is 1. The van der Waals surface area contributed by atoms with E-state index in [-0.39, 0.29) is 29.3 Å². The molecule has 7 nitrogen and oxygen atoms in total. The van der Waals surface area contributed by atoms with Crippen molar-refractivity contribution in [3.05, 3.63) is 54.1 Å². The molecule has 1 atom stereocenters. The molecule has 2 rings (SSSR count). The maximum atomic E-state index is 12.7. The van der Waals surface area contributed by atoms with Gasteiger partial charge in [-0.1, -0.05) is 25.1 Å². The van der Waals surface area contributed by atoms with Crippen LogP contribution in [0.5, 0.6) is 11.5 Å². The van der Waals surface area contributed by atoms with E-state index in [4.69, 9.17) is 8.92 Å². The summed E-state index contributed by atoms with van der Waals surface area (Å²) in [4.78, 5) is 14.2. The van der Waals surface area contributed by atoms with Crippen molar-refractivity contribution >= 4 is 16.1 Å². The van der Waals surface area contributed by atoms with Crippen LogP contribution >= 0.6 is 0 Å². The van der Waals surface area contributed by atoms with Crippen LogP contribution in [0.3, 0.4) is 0 Å². The molecule has 0 radical (unpaired) electrons. The Morgan fingerprint density at radius 3 is 2.34 bits per heavy atom. The molecule has 1 N–H and O–H groups in total. The third kappa shape index (κ3) is 5.87. The summed E-state index contributed by atoms with van der Waals surface area (Å²) >= 11 is 0.